The lowest BCUT2D eigenvalue weighted by atomic mass is 10.1. The molecule has 2 heterocycles. The van der Waals surface area contributed by atoms with E-state index in [1.165, 1.54) is 43.1 Å². The Hall–Kier alpha value is -1.50. The second-order valence-electron chi connectivity index (χ2n) is 7.35. The van der Waals surface area contributed by atoms with Gasteiger partial charge in [0.05, 0.1) is 0 Å². The van der Waals surface area contributed by atoms with Crippen molar-refractivity contribution >= 4 is 22.9 Å². The maximum atomic E-state index is 12.4. The molecule has 2 rings (SSSR count). The number of thioether (sulfide) groups is 1. The number of aryl methyl sites for hydroxylation is 2. The Morgan fingerprint density at radius 2 is 1.67 bits per heavy atom. The van der Waals surface area contributed by atoms with Crippen LogP contribution in [0, 0.1) is 0 Å². The van der Waals surface area contributed by atoms with Crippen LogP contribution >= 0.6 is 11.8 Å². The van der Waals surface area contributed by atoms with Gasteiger partial charge in [-0.3, -0.25) is 14.3 Å². The summed E-state index contributed by atoms with van der Waals surface area (Å²) in [4.78, 5) is 31.4. The van der Waals surface area contributed by atoms with Crippen LogP contribution in [0.1, 0.15) is 78.6 Å². The number of aromatic amines is 1. The number of unbranched alkanes of at least 4 members (excludes halogenated alkanes) is 7. The number of hydrogen-bond acceptors (Lipinski definition) is 4. The third-order valence-electron chi connectivity index (χ3n) is 5.09. The van der Waals surface area contributed by atoms with Crippen LogP contribution in [0.4, 0.5) is 0 Å². The summed E-state index contributed by atoms with van der Waals surface area (Å²) in [5.74, 6) is 0. The summed E-state index contributed by atoms with van der Waals surface area (Å²) in [6, 6.07) is 0. The normalized spacial score (nSPS) is 12.7. The molecule has 0 bridgehead atoms. The molecule has 1 atom stereocenters. The molecule has 0 aromatic carbocycles. The van der Waals surface area contributed by atoms with Crippen LogP contribution in [0.5, 0.6) is 0 Å². The van der Waals surface area contributed by atoms with E-state index in [9.17, 15) is 9.59 Å². The molecule has 0 radical (unpaired) electrons. The van der Waals surface area contributed by atoms with Gasteiger partial charge in [-0.15, -0.1) is 0 Å². The third-order valence-corrected chi connectivity index (χ3v) is 6.35. The zero-order chi connectivity index (χ0) is 19.8. The van der Waals surface area contributed by atoms with Crippen LogP contribution in [0.2, 0.25) is 0 Å². The molecular weight excluding hydrogens is 360 g/mol. The third kappa shape index (κ3) is 5.74. The number of H-pyrrole nitrogens is 1. The molecule has 0 saturated heterocycles. The largest absolute Gasteiger partial charge is 0.329 e. The molecule has 152 valence electrons. The number of imidazole rings is 1. The van der Waals surface area contributed by atoms with Crippen LogP contribution in [0.3, 0.4) is 0 Å². The van der Waals surface area contributed by atoms with Crippen LogP contribution < -0.4 is 11.2 Å². The fourth-order valence-electron chi connectivity index (χ4n) is 3.18. The highest BCUT2D eigenvalue weighted by atomic mass is 32.2. The van der Waals surface area contributed by atoms with Crippen molar-refractivity contribution in [3.63, 3.8) is 0 Å². The van der Waals surface area contributed by atoms with Gasteiger partial charge in [0.25, 0.3) is 5.56 Å². The number of fused-ring (bicyclic) bond motifs is 1. The molecule has 0 amide bonds. The Bertz CT molecular complexity index is 837. The van der Waals surface area contributed by atoms with Crippen molar-refractivity contribution in [1.29, 1.82) is 0 Å². The molecule has 27 heavy (non-hydrogen) atoms. The first kappa shape index (κ1) is 21.8. The van der Waals surface area contributed by atoms with E-state index in [0.717, 1.165) is 31.0 Å². The molecule has 0 saturated carbocycles. The molecule has 0 unspecified atom stereocenters. The Morgan fingerprint density at radius 1 is 1.04 bits per heavy atom. The predicted molar refractivity (Wildman–Crippen MR) is 114 cm³/mol. The zero-order valence-corrected chi connectivity index (χ0v) is 18.0. The van der Waals surface area contributed by atoms with Gasteiger partial charge in [0.1, 0.15) is 0 Å². The van der Waals surface area contributed by atoms with E-state index in [-0.39, 0.29) is 5.56 Å². The summed E-state index contributed by atoms with van der Waals surface area (Å²) in [6.45, 7) is 7.31. The Balaban J connectivity index is 2.13. The van der Waals surface area contributed by atoms with Crippen molar-refractivity contribution in [1.82, 2.24) is 19.1 Å². The van der Waals surface area contributed by atoms with Gasteiger partial charge in [-0.2, -0.15) is 0 Å². The standard InChI is InChI=1S/C20H34N4O2S/c1-5-7-8-9-10-11-12-13-14-24-16-17(21-20(24)27-15(3)6-2)23(4)19(26)22-18(16)25/h15H,5-14H2,1-4H3,(H,22,25,26)/t15-/m1/s1. The molecule has 0 spiro atoms. The van der Waals surface area contributed by atoms with Gasteiger partial charge >= 0.3 is 5.69 Å². The lowest BCUT2D eigenvalue weighted by molar-refractivity contribution is 0.533. The van der Waals surface area contributed by atoms with Crippen molar-refractivity contribution in [2.24, 2.45) is 7.05 Å². The molecule has 2 aromatic rings. The number of nitrogens with zero attached hydrogens (tertiary/aromatic N) is 3. The SMILES string of the molecule is CCCCCCCCCCn1c(S[C@H](C)CC)nc2c1c(=O)[nH]c(=O)n2C. The summed E-state index contributed by atoms with van der Waals surface area (Å²) >= 11 is 1.68. The zero-order valence-electron chi connectivity index (χ0n) is 17.2. The summed E-state index contributed by atoms with van der Waals surface area (Å²) < 4.78 is 3.45. The summed E-state index contributed by atoms with van der Waals surface area (Å²) in [5.41, 5.74) is 0.250. The first-order chi connectivity index (χ1) is 13.0. The molecule has 6 nitrogen and oxygen atoms in total. The first-order valence-corrected chi connectivity index (χ1v) is 11.2. The minimum Gasteiger partial charge on any atom is -0.313 e. The second kappa shape index (κ2) is 10.7. The minimum atomic E-state index is -0.413. The summed E-state index contributed by atoms with van der Waals surface area (Å²) in [5, 5.41) is 1.25. The maximum Gasteiger partial charge on any atom is 0.329 e. The van der Waals surface area contributed by atoms with Gasteiger partial charge in [-0.25, -0.2) is 9.78 Å². The predicted octanol–water partition coefficient (Wildman–Crippen LogP) is 4.45. The second-order valence-corrected chi connectivity index (χ2v) is 8.75. The van der Waals surface area contributed by atoms with Crippen molar-refractivity contribution < 1.29 is 0 Å². The Labute approximate surface area is 165 Å². The van der Waals surface area contributed by atoms with E-state index in [4.69, 9.17) is 0 Å². The smallest absolute Gasteiger partial charge is 0.313 e. The van der Waals surface area contributed by atoms with Crippen molar-refractivity contribution in [3.8, 4) is 0 Å². The van der Waals surface area contributed by atoms with Gasteiger partial charge in [-0.05, 0) is 12.8 Å². The lowest BCUT2D eigenvalue weighted by Crippen LogP contribution is -2.29. The molecule has 2 aromatic heterocycles. The van der Waals surface area contributed by atoms with E-state index < -0.39 is 5.69 Å². The van der Waals surface area contributed by atoms with Gasteiger partial charge in [0, 0.05) is 18.8 Å². The molecule has 1 N–H and O–H groups in total. The fourth-order valence-corrected chi connectivity index (χ4v) is 4.15. The van der Waals surface area contributed by atoms with E-state index >= 15 is 0 Å². The molecule has 7 heteroatoms. The van der Waals surface area contributed by atoms with Crippen molar-refractivity contribution in [2.75, 3.05) is 0 Å². The van der Waals surface area contributed by atoms with E-state index in [1.807, 2.05) is 4.57 Å². The minimum absolute atomic E-state index is 0.337. The number of nitrogens with one attached hydrogen (secondary N) is 1. The molecule has 0 aliphatic rings. The monoisotopic (exact) mass is 394 g/mol. The molecule has 0 aliphatic heterocycles. The average molecular weight is 395 g/mol. The highest BCUT2D eigenvalue weighted by molar-refractivity contribution is 7.99. The van der Waals surface area contributed by atoms with Gasteiger partial charge < -0.3 is 4.57 Å². The number of rotatable bonds is 12. The van der Waals surface area contributed by atoms with Crippen molar-refractivity contribution in [2.45, 2.75) is 95.5 Å². The average Bonchev–Trinajstić information content (AvgIpc) is 3.00. The topological polar surface area (TPSA) is 72.7 Å². The van der Waals surface area contributed by atoms with Crippen LogP contribution in [0.15, 0.2) is 14.7 Å². The number of aromatic nitrogens is 4. The van der Waals surface area contributed by atoms with E-state index in [2.05, 4.69) is 30.7 Å². The van der Waals surface area contributed by atoms with Crippen molar-refractivity contribution in [3.05, 3.63) is 20.8 Å². The van der Waals surface area contributed by atoms with Gasteiger partial charge in [0.15, 0.2) is 16.3 Å². The summed E-state index contributed by atoms with van der Waals surface area (Å²) in [7, 11) is 1.66. The van der Waals surface area contributed by atoms with Crippen LogP contribution in [-0.4, -0.2) is 24.4 Å². The molecule has 0 fully saturated rings. The Morgan fingerprint density at radius 3 is 2.30 bits per heavy atom. The van der Waals surface area contributed by atoms with Crippen LogP contribution in [0.25, 0.3) is 11.2 Å². The quantitative estimate of drug-likeness (QED) is 0.426. The van der Waals surface area contributed by atoms with Crippen LogP contribution in [-0.2, 0) is 13.6 Å². The van der Waals surface area contributed by atoms with E-state index in [0.29, 0.717) is 16.4 Å². The highest BCUT2D eigenvalue weighted by Gasteiger charge is 2.18. The van der Waals surface area contributed by atoms with Gasteiger partial charge in [-0.1, -0.05) is 77.5 Å². The molecule has 0 aliphatic carbocycles. The molecular formula is C20H34N4O2S. The maximum absolute atomic E-state index is 12.4. The number of hydrogen-bond donors (Lipinski definition) is 1. The van der Waals surface area contributed by atoms with E-state index in [1.54, 1.807) is 18.8 Å². The lowest BCUT2D eigenvalue weighted by Gasteiger charge is -2.11. The highest BCUT2D eigenvalue weighted by Crippen LogP contribution is 2.27. The van der Waals surface area contributed by atoms with Gasteiger partial charge in [0.2, 0.25) is 0 Å². The fraction of sp³-hybridized carbons (Fsp3) is 0.750. The first-order valence-electron chi connectivity index (χ1n) is 10.4. The summed E-state index contributed by atoms with van der Waals surface area (Å²) in [6.07, 6.45) is 11.0. The Kier molecular flexibility index (Phi) is 8.67.